The first-order valence-electron chi connectivity index (χ1n) is 6.10. The molecule has 0 saturated carbocycles. The third-order valence-corrected chi connectivity index (χ3v) is 4.07. The number of carbonyl (C=O) groups excluding carboxylic acids is 1. The highest BCUT2D eigenvalue weighted by molar-refractivity contribution is 9.10. The molecule has 20 heavy (non-hydrogen) atoms. The van der Waals surface area contributed by atoms with Gasteiger partial charge in [0.2, 0.25) is 0 Å². The van der Waals surface area contributed by atoms with E-state index in [2.05, 4.69) is 26.6 Å². The van der Waals surface area contributed by atoms with Crippen LogP contribution in [0.25, 0.3) is 0 Å². The quantitative estimate of drug-likeness (QED) is 0.870. The molecule has 2 aromatic carbocycles. The summed E-state index contributed by atoms with van der Waals surface area (Å²) in [5, 5.41) is 6.59. The van der Waals surface area contributed by atoms with Crippen molar-refractivity contribution in [3.8, 4) is 0 Å². The molecule has 0 atom stereocenters. The fraction of sp³-hybridized carbons (Fsp3) is 0.133. The van der Waals surface area contributed by atoms with E-state index in [-0.39, 0.29) is 5.91 Å². The van der Waals surface area contributed by atoms with E-state index >= 15 is 0 Å². The molecule has 0 aliphatic carbocycles. The number of hydrogen-bond acceptors (Lipinski definition) is 2. The zero-order valence-corrected chi connectivity index (χ0v) is 13.3. The molecule has 2 aromatic rings. The zero-order chi connectivity index (χ0) is 14.5. The highest BCUT2D eigenvalue weighted by atomic mass is 79.9. The van der Waals surface area contributed by atoms with Gasteiger partial charge in [-0.25, -0.2) is 0 Å². The first-order chi connectivity index (χ1) is 9.60. The van der Waals surface area contributed by atoms with Gasteiger partial charge in [-0.15, -0.1) is 0 Å². The number of nitrogens with one attached hydrogen (secondary N) is 2. The molecule has 0 aromatic heterocycles. The second-order valence-electron chi connectivity index (χ2n) is 4.26. The largest absolute Gasteiger partial charge is 0.381 e. The van der Waals surface area contributed by atoms with Gasteiger partial charge in [-0.3, -0.25) is 4.79 Å². The van der Waals surface area contributed by atoms with E-state index in [4.69, 9.17) is 11.6 Å². The molecule has 2 rings (SSSR count). The molecule has 1 amide bonds. The zero-order valence-electron chi connectivity index (χ0n) is 10.9. The molecular formula is C15H14BrClN2O. The molecule has 3 nitrogen and oxygen atoms in total. The maximum Gasteiger partial charge on any atom is 0.251 e. The van der Waals surface area contributed by atoms with Crippen LogP contribution in [0.15, 0.2) is 46.9 Å². The van der Waals surface area contributed by atoms with E-state index in [1.54, 1.807) is 7.05 Å². The van der Waals surface area contributed by atoms with Gasteiger partial charge in [-0.05, 0) is 51.8 Å². The molecule has 0 fully saturated rings. The van der Waals surface area contributed by atoms with Crippen LogP contribution >= 0.6 is 27.5 Å². The lowest BCUT2D eigenvalue weighted by atomic mass is 10.1. The molecule has 0 bridgehead atoms. The number of rotatable bonds is 4. The molecule has 0 aliphatic heterocycles. The van der Waals surface area contributed by atoms with Crippen LogP contribution in [-0.4, -0.2) is 13.0 Å². The van der Waals surface area contributed by atoms with Crippen molar-refractivity contribution in [1.29, 1.82) is 0 Å². The van der Waals surface area contributed by atoms with Crippen LogP contribution in [0.5, 0.6) is 0 Å². The number of amides is 1. The molecule has 0 spiro atoms. The van der Waals surface area contributed by atoms with Gasteiger partial charge in [0.05, 0.1) is 5.02 Å². The Morgan fingerprint density at radius 3 is 2.50 bits per heavy atom. The summed E-state index contributed by atoms with van der Waals surface area (Å²) >= 11 is 9.34. The Bertz CT molecular complexity index is 614. The molecule has 0 saturated heterocycles. The predicted octanol–water partition coefficient (Wildman–Crippen LogP) is 4.07. The summed E-state index contributed by atoms with van der Waals surface area (Å²) in [4.78, 5) is 11.4. The van der Waals surface area contributed by atoms with Gasteiger partial charge < -0.3 is 10.6 Å². The van der Waals surface area contributed by atoms with Gasteiger partial charge in [-0.1, -0.05) is 23.7 Å². The molecule has 0 heterocycles. The maximum absolute atomic E-state index is 11.4. The van der Waals surface area contributed by atoms with Gasteiger partial charge in [0.1, 0.15) is 0 Å². The Balaban J connectivity index is 2.00. The SMILES string of the molecule is CNC(=O)c1ccc(CNc2ccc(Cl)c(Br)c2)cc1. The van der Waals surface area contributed by atoms with Gasteiger partial charge in [0.15, 0.2) is 0 Å². The predicted molar refractivity (Wildman–Crippen MR) is 86.3 cm³/mol. The van der Waals surface area contributed by atoms with Crippen molar-refractivity contribution in [1.82, 2.24) is 5.32 Å². The van der Waals surface area contributed by atoms with Crippen molar-refractivity contribution in [2.24, 2.45) is 0 Å². The average Bonchev–Trinajstić information content (AvgIpc) is 2.48. The van der Waals surface area contributed by atoms with Crippen molar-refractivity contribution in [3.63, 3.8) is 0 Å². The molecular weight excluding hydrogens is 340 g/mol. The number of carbonyl (C=O) groups is 1. The molecule has 2 N–H and O–H groups in total. The minimum atomic E-state index is -0.0776. The first kappa shape index (κ1) is 14.9. The molecule has 0 radical (unpaired) electrons. The lowest BCUT2D eigenvalue weighted by Gasteiger charge is -2.08. The Morgan fingerprint density at radius 1 is 1.20 bits per heavy atom. The lowest BCUT2D eigenvalue weighted by Crippen LogP contribution is -2.17. The van der Waals surface area contributed by atoms with Crippen LogP contribution in [0, 0.1) is 0 Å². The highest BCUT2D eigenvalue weighted by Crippen LogP contribution is 2.25. The molecule has 5 heteroatoms. The average molecular weight is 354 g/mol. The van der Waals surface area contributed by atoms with Crippen molar-refractivity contribution >= 4 is 39.1 Å². The molecule has 0 unspecified atom stereocenters. The van der Waals surface area contributed by atoms with Gasteiger partial charge in [-0.2, -0.15) is 0 Å². The van der Waals surface area contributed by atoms with Crippen molar-refractivity contribution in [3.05, 3.63) is 63.1 Å². The van der Waals surface area contributed by atoms with Crippen LogP contribution in [0.2, 0.25) is 5.02 Å². The number of anilines is 1. The van der Waals surface area contributed by atoms with Crippen LogP contribution in [0.4, 0.5) is 5.69 Å². The Hall–Kier alpha value is -1.52. The van der Waals surface area contributed by atoms with Crippen LogP contribution in [0.1, 0.15) is 15.9 Å². The van der Waals surface area contributed by atoms with Gasteiger partial charge >= 0.3 is 0 Å². The fourth-order valence-electron chi connectivity index (χ4n) is 1.73. The third kappa shape index (κ3) is 3.74. The van der Waals surface area contributed by atoms with E-state index in [1.165, 1.54) is 0 Å². The summed E-state index contributed by atoms with van der Waals surface area (Å²) in [5.74, 6) is -0.0776. The summed E-state index contributed by atoms with van der Waals surface area (Å²) < 4.78 is 0.860. The molecule has 0 aliphatic rings. The number of halogens is 2. The normalized spacial score (nSPS) is 10.2. The van der Waals surface area contributed by atoms with Crippen LogP contribution in [0.3, 0.4) is 0 Å². The maximum atomic E-state index is 11.4. The van der Waals surface area contributed by atoms with E-state index in [9.17, 15) is 4.79 Å². The second kappa shape index (κ2) is 6.77. The van der Waals surface area contributed by atoms with E-state index in [0.29, 0.717) is 17.1 Å². The summed E-state index contributed by atoms with van der Waals surface area (Å²) in [6, 6.07) is 13.2. The summed E-state index contributed by atoms with van der Waals surface area (Å²) in [5.41, 5.74) is 2.74. The monoisotopic (exact) mass is 352 g/mol. The van der Waals surface area contributed by atoms with E-state index in [1.807, 2.05) is 42.5 Å². The van der Waals surface area contributed by atoms with Crippen molar-refractivity contribution < 1.29 is 4.79 Å². The topological polar surface area (TPSA) is 41.1 Å². The summed E-state index contributed by atoms with van der Waals surface area (Å²) in [6.07, 6.45) is 0. The van der Waals surface area contributed by atoms with E-state index < -0.39 is 0 Å². The molecule has 104 valence electrons. The first-order valence-corrected chi connectivity index (χ1v) is 7.27. The summed E-state index contributed by atoms with van der Waals surface area (Å²) in [6.45, 7) is 0.683. The minimum absolute atomic E-state index is 0.0776. The fourth-order valence-corrected chi connectivity index (χ4v) is 2.22. The minimum Gasteiger partial charge on any atom is -0.381 e. The number of benzene rings is 2. The van der Waals surface area contributed by atoms with Crippen molar-refractivity contribution in [2.45, 2.75) is 6.54 Å². The standard InChI is InChI=1S/C15H14BrClN2O/c1-18-15(20)11-4-2-10(3-5-11)9-19-12-6-7-14(17)13(16)8-12/h2-8,19H,9H2,1H3,(H,18,20). The van der Waals surface area contributed by atoms with Crippen molar-refractivity contribution in [2.75, 3.05) is 12.4 Å². The van der Waals surface area contributed by atoms with E-state index in [0.717, 1.165) is 15.7 Å². The second-order valence-corrected chi connectivity index (χ2v) is 5.52. The lowest BCUT2D eigenvalue weighted by molar-refractivity contribution is 0.0963. The Morgan fingerprint density at radius 2 is 1.90 bits per heavy atom. The highest BCUT2D eigenvalue weighted by Gasteiger charge is 2.03. The summed E-state index contributed by atoms with van der Waals surface area (Å²) in [7, 11) is 1.62. The van der Waals surface area contributed by atoms with Crippen LogP contribution in [-0.2, 0) is 6.54 Å². The van der Waals surface area contributed by atoms with Gasteiger partial charge in [0, 0.05) is 29.3 Å². The smallest absolute Gasteiger partial charge is 0.251 e. The third-order valence-electron chi connectivity index (χ3n) is 2.86. The Labute approximate surface area is 131 Å². The van der Waals surface area contributed by atoms with Crippen LogP contribution < -0.4 is 10.6 Å². The Kier molecular flexibility index (Phi) is 5.04. The number of hydrogen-bond donors (Lipinski definition) is 2. The van der Waals surface area contributed by atoms with Gasteiger partial charge in [0.25, 0.3) is 5.91 Å².